The number of fused-ring (bicyclic) bond motifs is 1. The summed E-state index contributed by atoms with van der Waals surface area (Å²) >= 11 is 0. The fourth-order valence-corrected chi connectivity index (χ4v) is 2.32. The van der Waals surface area contributed by atoms with Gasteiger partial charge in [-0.1, -0.05) is 36.4 Å². The van der Waals surface area contributed by atoms with E-state index in [4.69, 9.17) is 0 Å². The second-order valence-corrected chi connectivity index (χ2v) is 4.41. The van der Waals surface area contributed by atoms with Crippen LogP contribution in [0.4, 0.5) is 0 Å². The van der Waals surface area contributed by atoms with Crippen molar-refractivity contribution in [3.8, 4) is 5.75 Å². The Labute approximate surface area is 105 Å². The van der Waals surface area contributed by atoms with Crippen molar-refractivity contribution in [1.82, 2.24) is 0 Å². The number of benzene rings is 2. The molecule has 0 bridgehead atoms. The predicted octanol–water partition coefficient (Wildman–Crippen LogP) is 2.95. The van der Waals surface area contributed by atoms with Crippen LogP contribution in [0.2, 0.25) is 0 Å². The summed E-state index contributed by atoms with van der Waals surface area (Å²) in [5, 5.41) is 9.50. The molecule has 1 aliphatic rings. The van der Waals surface area contributed by atoms with Crippen molar-refractivity contribution in [3.05, 3.63) is 71.3 Å². The van der Waals surface area contributed by atoms with Gasteiger partial charge >= 0.3 is 0 Å². The molecule has 2 heteroatoms. The first-order valence-corrected chi connectivity index (χ1v) is 5.86. The van der Waals surface area contributed by atoms with Gasteiger partial charge in [0.2, 0.25) is 0 Å². The molecule has 0 radical (unpaired) electrons. The Balaban J connectivity index is 2.19. The molecule has 0 fully saturated rings. The Hall–Kier alpha value is -2.35. The Bertz CT molecular complexity index is 639. The van der Waals surface area contributed by atoms with Crippen LogP contribution in [-0.2, 0) is 11.2 Å². The maximum Gasteiger partial charge on any atom is 0.160 e. The molecule has 0 atom stereocenters. The minimum Gasteiger partial charge on any atom is -0.508 e. The summed E-state index contributed by atoms with van der Waals surface area (Å²) < 4.78 is 0. The molecule has 3 rings (SSSR count). The minimum atomic E-state index is 0.0759. The van der Waals surface area contributed by atoms with Crippen molar-refractivity contribution in [2.24, 2.45) is 0 Å². The quantitative estimate of drug-likeness (QED) is 0.826. The molecule has 88 valence electrons. The first-order valence-electron chi connectivity index (χ1n) is 5.86. The van der Waals surface area contributed by atoms with E-state index < -0.39 is 0 Å². The van der Waals surface area contributed by atoms with Crippen LogP contribution in [0.1, 0.15) is 16.7 Å². The lowest BCUT2D eigenvalue weighted by Crippen LogP contribution is -2.09. The topological polar surface area (TPSA) is 37.3 Å². The summed E-state index contributed by atoms with van der Waals surface area (Å²) in [6, 6.07) is 15.0. The average Bonchev–Trinajstić information content (AvgIpc) is 2.38. The highest BCUT2D eigenvalue weighted by Gasteiger charge is 2.18. The number of allylic oxidation sites excluding steroid dienone is 1. The molecule has 0 saturated heterocycles. The van der Waals surface area contributed by atoms with Gasteiger partial charge in [-0.3, -0.25) is 4.79 Å². The van der Waals surface area contributed by atoms with Crippen LogP contribution < -0.4 is 0 Å². The molecule has 0 aromatic heterocycles. The van der Waals surface area contributed by atoms with E-state index in [1.54, 1.807) is 18.2 Å². The molecule has 2 nitrogen and oxygen atoms in total. The van der Waals surface area contributed by atoms with Gasteiger partial charge in [-0.25, -0.2) is 0 Å². The maximum absolute atomic E-state index is 11.8. The minimum absolute atomic E-state index is 0.0759. The molecular weight excluding hydrogens is 224 g/mol. The zero-order valence-corrected chi connectivity index (χ0v) is 9.76. The second kappa shape index (κ2) is 4.15. The third kappa shape index (κ3) is 1.82. The molecule has 0 heterocycles. The van der Waals surface area contributed by atoms with Gasteiger partial charge in [0.1, 0.15) is 5.75 Å². The molecular formula is C16H12O2. The average molecular weight is 236 g/mol. The van der Waals surface area contributed by atoms with Gasteiger partial charge in [0.15, 0.2) is 5.78 Å². The van der Waals surface area contributed by atoms with Crippen LogP contribution in [-0.4, -0.2) is 10.9 Å². The first-order chi connectivity index (χ1) is 8.74. The smallest absolute Gasteiger partial charge is 0.160 e. The molecule has 0 saturated carbocycles. The van der Waals surface area contributed by atoms with Crippen molar-refractivity contribution in [1.29, 1.82) is 0 Å². The zero-order valence-electron chi connectivity index (χ0n) is 9.76. The van der Waals surface area contributed by atoms with Gasteiger partial charge in [0.25, 0.3) is 0 Å². The SMILES string of the molecule is O=C1C=C(c2ccccc2)c2ccc(O)cc2C1. The van der Waals surface area contributed by atoms with E-state index in [-0.39, 0.29) is 11.5 Å². The number of rotatable bonds is 1. The van der Waals surface area contributed by atoms with Crippen LogP contribution in [0.3, 0.4) is 0 Å². The van der Waals surface area contributed by atoms with Gasteiger partial charge in [0.05, 0.1) is 0 Å². The summed E-state index contributed by atoms with van der Waals surface area (Å²) in [6.45, 7) is 0. The Morgan fingerprint density at radius 3 is 2.56 bits per heavy atom. The molecule has 18 heavy (non-hydrogen) atoms. The molecule has 0 unspecified atom stereocenters. The van der Waals surface area contributed by atoms with Crippen molar-refractivity contribution < 1.29 is 9.90 Å². The number of ketones is 1. The summed E-state index contributed by atoms with van der Waals surface area (Å²) in [5.41, 5.74) is 3.87. The molecule has 0 aliphatic heterocycles. The van der Waals surface area contributed by atoms with E-state index in [1.807, 2.05) is 36.4 Å². The zero-order chi connectivity index (χ0) is 12.5. The number of phenolic OH excluding ortho intramolecular Hbond substituents is 1. The van der Waals surface area contributed by atoms with E-state index in [1.165, 1.54) is 0 Å². The van der Waals surface area contributed by atoms with Crippen LogP contribution in [0, 0.1) is 0 Å². The fraction of sp³-hybridized carbons (Fsp3) is 0.0625. The van der Waals surface area contributed by atoms with E-state index in [9.17, 15) is 9.90 Å². The Morgan fingerprint density at radius 2 is 1.78 bits per heavy atom. The molecule has 1 N–H and O–H groups in total. The standard InChI is InChI=1S/C16H12O2/c17-13-6-7-15-12(8-13)9-14(18)10-16(15)11-4-2-1-3-5-11/h1-8,10,17H,9H2. The highest BCUT2D eigenvalue weighted by Crippen LogP contribution is 2.32. The summed E-state index contributed by atoms with van der Waals surface area (Å²) in [4.78, 5) is 11.8. The number of carbonyl (C=O) groups is 1. The third-order valence-corrected chi connectivity index (χ3v) is 3.13. The fourth-order valence-electron chi connectivity index (χ4n) is 2.32. The van der Waals surface area contributed by atoms with Crippen LogP contribution in [0.5, 0.6) is 5.75 Å². The largest absolute Gasteiger partial charge is 0.508 e. The number of hydrogen-bond donors (Lipinski definition) is 1. The van der Waals surface area contributed by atoms with Crippen LogP contribution >= 0.6 is 0 Å². The number of aromatic hydroxyl groups is 1. The van der Waals surface area contributed by atoms with E-state index in [0.29, 0.717) is 6.42 Å². The lowest BCUT2D eigenvalue weighted by Gasteiger charge is -2.17. The van der Waals surface area contributed by atoms with Gasteiger partial charge in [-0.05, 0) is 40.5 Å². The highest BCUT2D eigenvalue weighted by molar-refractivity contribution is 6.05. The number of hydrogen-bond acceptors (Lipinski definition) is 2. The highest BCUT2D eigenvalue weighted by atomic mass is 16.3. The number of phenols is 1. The molecule has 2 aromatic rings. The summed E-state index contributed by atoms with van der Waals surface area (Å²) in [6.07, 6.45) is 2.05. The van der Waals surface area contributed by atoms with Crippen molar-refractivity contribution in [2.45, 2.75) is 6.42 Å². The van der Waals surface area contributed by atoms with Crippen LogP contribution in [0.25, 0.3) is 5.57 Å². The van der Waals surface area contributed by atoms with E-state index >= 15 is 0 Å². The van der Waals surface area contributed by atoms with Gasteiger partial charge < -0.3 is 5.11 Å². The van der Waals surface area contributed by atoms with Crippen molar-refractivity contribution in [3.63, 3.8) is 0 Å². The van der Waals surface area contributed by atoms with Gasteiger partial charge in [0, 0.05) is 6.42 Å². The molecule has 0 amide bonds. The van der Waals surface area contributed by atoms with Crippen molar-refractivity contribution >= 4 is 11.4 Å². The Morgan fingerprint density at radius 1 is 1.00 bits per heavy atom. The normalized spacial score (nSPS) is 14.0. The van der Waals surface area contributed by atoms with Crippen molar-refractivity contribution in [2.75, 3.05) is 0 Å². The van der Waals surface area contributed by atoms with Crippen LogP contribution in [0.15, 0.2) is 54.6 Å². The Kier molecular flexibility index (Phi) is 2.49. The molecule has 0 spiro atoms. The summed E-state index contributed by atoms with van der Waals surface area (Å²) in [7, 11) is 0. The second-order valence-electron chi connectivity index (χ2n) is 4.41. The monoisotopic (exact) mass is 236 g/mol. The maximum atomic E-state index is 11.8. The molecule has 1 aliphatic carbocycles. The van der Waals surface area contributed by atoms with Gasteiger partial charge in [-0.15, -0.1) is 0 Å². The number of carbonyl (C=O) groups excluding carboxylic acids is 1. The van der Waals surface area contributed by atoms with E-state index in [0.717, 1.165) is 22.3 Å². The lowest BCUT2D eigenvalue weighted by molar-refractivity contribution is -0.114. The van der Waals surface area contributed by atoms with Gasteiger partial charge in [-0.2, -0.15) is 0 Å². The predicted molar refractivity (Wildman–Crippen MR) is 70.3 cm³/mol. The summed E-state index contributed by atoms with van der Waals surface area (Å²) in [5.74, 6) is 0.280. The first kappa shape index (κ1) is 10.8. The van der Waals surface area contributed by atoms with E-state index in [2.05, 4.69) is 0 Å². The third-order valence-electron chi connectivity index (χ3n) is 3.13. The molecule has 2 aromatic carbocycles. The lowest BCUT2D eigenvalue weighted by atomic mass is 9.86.